The van der Waals surface area contributed by atoms with Crippen LogP contribution in [0.5, 0.6) is 0 Å². The quantitative estimate of drug-likeness (QED) is 0.906. The van der Waals surface area contributed by atoms with Gasteiger partial charge in [-0.2, -0.15) is 0 Å². The third kappa shape index (κ3) is 3.45. The van der Waals surface area contributed by atoms with Gasteiger partial charge < -0.3 is 10.4 Å². The highest BCUT2D eigenvalue weighted by atomic mass is 16.4. The molecule has 2 atom stereocenters. The summed E-state index contributed by atoms with van der Waals surface area (Å²) in [7, 11) is 0. The van der Waals surface area contributed by atoms with E-state index in [4.69, 9.17) is 5.11 Å². The molecule has 1 aliphatic carbocycles. The van der Waals surface area contributed by atoms with Crippen molar-refractivity contribution in [2.24, 2.45) is 5.92 Å². The van der Waals surface area contributed by atoms with Gasteiger partial charge in [0.25, 0.3) is 5.91 Å². The number of carbonyl (C=O) groups excluding carboxylic acids is 1. The van der Waals surface area contributed by atoms with Crippen molar-refractivity contribution in [2.45, 2.75) is 32.2 Å². The molecule has 0 spiro atoms. The van der Waals surface area contributed by atoms with Crippen molar-refractivity contribution in [3.8, 4) is 11.3 Å². The molecule has 1 amide bonds. The van der Waals surface area contributed by atoms with Gasteiger partial charge in [-0.3, -0.25) is 14.6 Å². The molecular formula is C19H20N2O3. The first kappa shape index (κ1) is 16.2. The fourth-order valence-electron chi connectivity index (χ4n) is 3.17. The number of amides is 1. The fourth-order valence-corrected chi connectivity index (χ4v) is 3.17. The van der Waals surface area contributed by atoms with Crippen molar-refractivity contribution in [1.29, 1.82) is 0 Å². The molecule has 24 heavy (non-hydrogen) atoms. The molecule has 1 heterocycles. The number of hydrogen-bond donors (Lipinski definition) is 2. The van der Waals surface area contributed by atoms with Crippen LogP contribution in [0, 0.1) is 12.8 Å². The van der Waals surface area contributed by atoms with Gasteiger partial charge in [-0.15, -0.1) is 0 Å². The highest BCUT2D eigenvalue weighted by Crippen LogP contribution is 2.26. The van der Waals surface area contributed by atoms with E-state index in [0.717, 1.165) is 11.3 Å². The lowest BCUT2D eigenvalue weighted by Crippen LogP contribution is -2.33. The number of rotatable bonds is 4. The summed E-state index contributed by atoms with van der Waals surface area (Å²) < 4.78 is 0. The number of aromatic nitrogens is 1. The Morgan fingerprint density at radius 1 is 1.12 bits per heavy atom. The number of carboxylic acid groups (broad SMARTS) is 1. The minimum absolute atomic E-state index is 0.0770. The summed E-state index contributed by atoms with van der Waals surface area (Å²) in [5, 5.41) is 12.0. The molecule has 0 aliphatic heterocycles. The fraction of sp³-hybridized carbons (Fsp3) is 0.316. The maximum absolute atomic E-state index is 12.4. The molecule has 5 heteroatoms. The topological polar surface area (TPSA) is 79.3 Å². The average Bonchev–Trinajstić information content (AvgIpc) is 3.04. The van der Waals surface area contributed by atoms with Crippen LogP contribution in [0.4, 0.5) is 0 Å². The van der Waals surface area contributed by atoms with Gasteiger partial charge in [-0.05, 0) is 38.3 Å². The van der Waals surface area contributed by atoms with E-state index >= 15 is 0 Å². The second-order valence-electron chi connectivity index (χ2n) is 6.21. The van der Waals surface area contributed by atoms with Gasteiger partial charge in [-0.1, -0.05) is 30.3 Å². The Hall–Kier alpha value is -2.69. The van der Waals surface area contributed by atoms with Crippen molar-refractivity contribution >= 4 is 11.9 Å². The number of pyridine rings is 1. The number of benzene rings is 1. The molecule has 5 nitrogen and oxygen atoms in total. The van der Waals surface area contributed by atoms with Crippen molar-refractivity contribution in [3.63, 3.8) is 0 Å². The van der Waals surface area contributed by atoms with E-state index in [1.54, 1.807) is 6.07 Å². The van der Waals surface area contributed by atoms with E-state index in [-0.39, 0.29) is 17.9 Å². The predicted octanol–water partition coefficient (Wildman–Crippen LogP) is 3.04. The minimum Gasteiger partial charge on any atom is -0.481 e. The zero-order valence-corrected chi connectivity index (χ0v) is 13.5. The van der Waals surface area contributed by atoms with Gasteiger partial charge >= 0.3 is 5.97 Å². The monoisotopic (exact) mass is 324 g/mol. The molecule has 3 rings (SSSR count). The van der Waals surface area contributed by atoms with Crippen molar-refractivity contribution in [2.75, 3.05) is 0 Å². The molecule has 2 aromatic rings. The van der Waals surface area contributed by atoms with Crippen LogP contribution in [0.1, 0.15) is 35.3 Å². The van der Waals surface area contributed by atoms with Crippen LogP contribution in [0.15, 0.2) is 42.5 Å². The SMILES string of the molecule is Cc1nc(-c2ccccc2)ccc1C(=O)N[C@H]1CC[C@@H](C(=O)O)C1. The number of carbonyl (C=O) groups is 2. The number of carboxylic acids is 1. The molecule has 2 N–H and O–H groups in total. The van der Waals surface area contributed by atoms with E-state index in [9.17, 15) is 9.59 Å². The van der Waals surface area contributed by atoms with Crippen LogP contribution in [0.2, 0.25) is 0 Å². The Balaban J connectivity index is 1.71. The molecule has 0 radical (unpaired) electrons. The highest BCUT2D eigenvalue weighted by Gasteiger charge is 2.30. The molecule has 0 saturated heterocycles. The van der Waals surface area contributed by atoms with E-state index < -0.39 is 5.97 Å². The average molecular weight is 324 g/mol. The standard InChI is InChI=1S/C19H20N2O3/c1-12-16(9-10-17(20-12)13-5-3-2-4-6-13)18(22)21-15-8-7-14(11-15)19(23)24/h2-6,9-10,14-15H,7-8,11H2,1H3,(H,21,22)(H,23,24)/t14-,15+/m1/s1. The van der Waals surface area contributed by atoms with Gasteiger partial charge in [0.1, 0.15) is 0 Å². The molecule has 1 aromatic heterocycles. The first-order valence-electron chi connectivity index (χ1n) is 8.11. The summed E-state index contributed by atoms with van der Waals surface area (Å²) in [6, 6.07) is 13.3. The first-order valence-corrected chi connectivity index (χ1v) is 8.11. The Kier molecular flexibility index (Phi) is 4.60. The summed E-state index contributed by atoms with van der Waals surface area (Å²) in [5.74, 6) is -1.32. The lowest BCUT2D eigenvalue weighted by molar-refractivity contribution is -0.141. The van der Waals surface area contributed by atoms with E-state index in [1.807, 2.05) is 43.3 Å². The summed E-state index contributed by atoms with van der Waals surface area (Å²) in [6.45, 7) is 1.82. The highest BCUT2D eigenvalue weighted by molar-refractivity contribution is 5.95. The predicted molar refractivity (Wildman–Crippen MR) is 90.6 cm³/mol. The molecule has 1 aromatic carbocycles. The zero-order valence-electron chi connectivity index (χ0n) is 13.5. The third-order valence-corrected chi connectivity index (χ3v) is 4.52. The Morgan fingerprint density at radius 2 is 1.88 bits per heavy atom. The van der Waals surface area contributed by atoms with Gasteiger partial charge in [0.2, 0.25) is 0 Å². The summed E-state index contributed by atoms with van der Waals surface area (Å²) in [6.07, 6.45) is 1.82. The zero-order chi connectivity index (χ0) is 17.1. The number of nitrogens with one attached hydrogen (secondary N) is 1. The van der Waals surface area contributed by atoms with Gasteiger partial charge in [0.05, 0.1) is 22.9 Å². The largest absolute Gasteiger partial charge is 0.481 e. The molecule has 0 bridgehead atoms. The smallest absolute Gasteiger partial charge is 0.306 e. The maximum atomic E-state index is 12.4. The molecule has 1 fully saturated rings. The number of nitrogens with zero attached hydrogens (tertiary/aromatic N) is 1. The molecule has 0 unspecified atom stereocenters. The van der Waals surface area contributed by atoms with Crippen LogP contribution >= 0.6 is 0 Å². The van der Waals surface area contributed by atoms with Crippen LogP contribution < -0.4 is 5.32 Å². The van der Waals surface area contributed by atoms with Crippen molar-refractivity contribution < 1.29 is 14.7 Å². The van der Waals surface area contributed by atoms with Gasteiger partial charge in [0.15, 0.2) is 0 Å². The second kappa shape index (κ2) is 6.83. The third-order valence-electron chi connectivity index (χ3n) is 4.52. The number of aryl methyl sites for hydroxylation is 1. The van der Waals surface area contributed by atoms with Crippen LogP contribution in [-0.2, 0) is 4.79 Å². The van der Waals surface area contributed by atoms with Crippen LogP contribution in [0.25, 0.3) is 11.3 Å². The Bertz CT molecular complexity index is 758. The lowest BCUT2D eigenvalue weighted by Gasteiger charge is -2.14. The number of aliphatic carboxylic acids is 1. The Labute approximate surface area is 140 Å². The van der Waals surface area contributed by atoms with Crippen LogP contribution in [0.3, 0.4) is 0 Å². The van der Waals surface area contributed by atoms with Gasteiger partial charge in [-0.25, -0.2) is 0 Å². The maximum Gasteiger partial charge on any atom is 0.306 e. The van der Waals surface area contributed by atoms with Gasteiger partial charge in [0, 0.05) is 11.6 Å². The molecule has 1 aliphatic rings. The summed E-state index contributed by atoms with van der Waals surface area (Å²) in [5.41, 5.74) is 3.04. The van der Waals surface area contributed by atoms with E-state index in [0.29, 0.717) is 30.5 Å². The van der Waals surface area contributed by atoms with E-state index in [2.05, 4.69) is 10.3 Å². The normalized spacial score (nSPS) is 19.9. The van der Waals surface area contributed by atoms with Crippen molar-refractivity contribution in [1.82, 2.24) is 10.3 Å². The van der Waals surface area contributed by atoms with Crippen LogP contribution in [-0.4, -0.2) is 28.0 Å². The molecular weight excluding hydrogens is 304 g/mol. The summed E-state index contributed by atoms with van der Waals surface area (Å²) >= 11 is 0. The summed E-state index contributed by atoms with van der Waals surface area (Å²) in [4.78, 5) is 28.0. The Morgan fingerprint density at radius 3 is 2.50 bits per heavy atom. The molecule has 124 valence electrons. The lowest BCUT2D eigenvalue weighted by atomic mass is 10.1. The van der Waals surface area contributed by atoms with E-state index in [1.165, 1.54) is 0 Å². The first-order chi connectivity index (χ1) is 11.5. The second-order valence-corrected chi connectivity index (χ2v) is 6.21. The minimum atomic E-state index is -0.781. The van der Waals surface area contributed by atoms with Crippen molar-refractivity contribution in [3.05, 3.63) is 53.7 Å². The number of hydrogen-bond acceptors (Lipinski definition) is 3. The molecule has 1 saturated carbocycles.